The number of alkyl halides is 1. The molecule has 0 aliphatic heterocycles. The molecule has 1 atom stereocenters. The lowest BCUT2D eigenvalue weighted by atomic mass is 10.1. The van der Waals surface area contributed by atoms with Crippen LogP contribution in [0.5, 0.6) is 0 Å². The topological polar surface area (TPSA) is 9.23 Å². The Balaban J connectivity index is 3.09. The Bertz CT molecular complexity index is 62.3. The number of hydrogen-bond donors (Lipinski definition) is 0. The Labute approximate surface area is 72.3 Å². The molecule has 0 aliphatic rings. The van der Waals surface area contributed by atoms with E-state index in [-0.39, 0.29) is 0 Å². The van der Waals surface area contributed by atoms with Crippen molar-refractivity contribution >= 4 is 15.9 Å². The molecular weight excluding hydrogens is 192 g/mol. The molecule has 0 amide bonds. The molecule has 10 heavy (non-hydrogen) atoms. The van der Waals surface area contributed by atoms with Crippen LogP contribution in [-0.4, -0.2) is 18.5 Å². The number of ether oxygens (including phenoxy) is 1. The zero-order valence-electron chi connectivity index (χ0n) is 6.90. The van der Waals surface area contributed by atoms with Gasteiger partial charge in [0.05, 0.1) is 6.10 Å². The van der Waals surface area contributed by atoms with Gasteiger partial charge in [0.2, 0.25) is 0 Å². The lowest BCUT2D eigenvalue weighted by molar-refractivity contribution is 0.0903. The highest BCUT2D eigenvalue weighted by molar-refractivity contribution is 9.09. The predicted octanol–water partition coefficient (Wildman–Crippen LogP) is 2.98. The minimum absolute atomic E-state index is 0.485. The van der Waals surface area contributed by atoms with Crippen LogP contribution in [0.1, 0.15) is 32.6 Å². The highest BCUT2D eigenvalue weighted by atomic mass is 79.9. The lowest BCUT2D eigenvalue weighted by Crippen LogP contribution is -2.08. The Hall–Kier alpha value is 0.440. The monoisotopic (exact) mass is 208 g/mol. The molecule has 0 fully saturated rings. The summed E-state index contributed by atoms with van der Waals surface area (Å²) in [5.41, 5.74) is 0. The standard InChI is InChI=1S/C8H17BrO/c1-3-8(10-2)6-4-5-7-9/h8H,3-7H2,1-2H3. The van der Waals surface area contributed by atoms with Gasteiger partial charge in [0.25, 0.3) is 0 Å². The highest BCUT2D eigenvalue weighted by Gasteiger charge is 2.01. The maximum Gasteiger partial charge on any atom is 0.0568 e. The minimum atomic E-state index is 0.485. The van der Waals surface area contributed by atoms with Gasteiger partial charge in [0.1, 0.15) is 0 Å². The van der Waals surface area contributed by atoms with Gasteiger partial charge in [0, 0.05) is 12.4 Å². The molecule has 0 aromatic heterocycles. The van der Waals surface area contributed by atoms with Crippen molar-refractivity contribution in [2.45, 2.75) is 38.7 Å². The van der Waals surface area contributed by atoms with Crippen molar-refractivity contribution in [3.63, 3.8) is 0 Å². The van der Waals surface area contributed by atoms with Gasteiger partial charge < -0.3 is 4.74 Å². The van der Waals surface area contributed by atoms with E-state index in [4.69, 9.17) is 4.74 Å². The first kappa shape index (κ1) is 10.4. The second-order valence-corrected chi connectivity index (χ2v) is 3.24. The van der Waals surface area contributed by atoms with Gasteiger partial charge in [0.15, 0.2) is 0 Å². The van der Waals surface area contributed by atoms with Crippen molar-refractivity contribution in [1.82, 2.24) is 0 Å². The van der Waals surface area contributed by atoms with Crippen LogP contribution >= 0.6 is 15.9 Å². The molecule has 0 radical (unpaired) electrons. The zero-order chi connectivity index (χ0) is 7.82. The number of rotatable bonds is 6. The van der Waals surface area contributed by atoms with E-state index in [0.29, 0.717) is 6.10 Å². The van der Waals surface area contributed by atoms with Crippen molar-refractivity contribution in [2.24, 2.45) is 0 Å². The fraction of sp³-hybridized carbons (Fsp3) is 1.00. The SMILES string of the molecule is CCC(CCCCBr)OC. The fourth-order valence-electron chi connectivity index (χ4n) is 0.955. The average Bonchev–Trinajstić information content (AvgIpc) is 1.99. The van der Waals surface area contributed by atoms with Crippen LogP contribution in [0.4, 0.5) is 0 Å². The second-order valence-electron chi connectivity index (χ2n) is 2.45. The summed E-state index contributed by atoms with van der Waals surface area (Å²) in [6.45, 7) is 2.17. The van der Waals surface area contributed by atoms with Gasteiger partial charge in [-0.15, -0.1) is 0 Å². The van der Waals surface area contributed by atoms with Crippen LogP contribution < -0.4 is 0 Å². The molecule has 0 aromatic carbocycles. The molecule has 1 nitrogen and oxygen atoms in total. The summed E-state index contributed by atoms with van der Waals surface area (Å²) in [7, 11) is 1.79. The maximum atomic E-state index is 5.23. The van der Waals surface area contributed by atoms with Gasteiger partial charge in [-0.25, -0.2) is 0 Å². The Morgan fingerprint density at radius 2 is 2.10 bits per heavy atom. The van der Waals surface area contributed by atoms with Crippen LogP contribution in [-0.2, 0) is 4.74 Å². The van der Waals surface area contributed by atoms with Gasteiger partial charge >= 0.3 is 0 Å². The quantitative estimate of drug-likeness (QED) is 0.482. The van der Waals surface area contributed by atoms with Crippen molar-refractivity contribution in [1.29, 1.82) is 0 Å². The van der Waals surface area contributed by atoms with E-state index in [9.17, 15) is 0 Å². The molecule has 1 unspecified atom stereocenters. The highest BCUT2D eigenvalue weighted by Crippen LogP contribution is 2.07. The van der Waals surface area contributed by atoms with Gasteiger partial charge in [-0.3, -0.25) is 0 Å². The van der Waals surface area contributed by atoms with Crippen molar-refractivity contribution in [2.75, 3.05) is 12.4 Å². The summed E-state index contributed by atoms with van der Waals surface area (Å²) in [5.74, 6) is 0. The van der Waals surface area contributed by atoms with E-state index in [1.165, 1.54) is 19.3 Å². The van der Waals surface area contributed by atoms with E-state index < -0.39 is 0 Å². The molecule has 0 N–H and O–H groups in total. The maximum absolute atomic E-state index is 5.23. The first-order valence-electron chi connectivity index (χ1n) is 3.93. The van der Waals surface area contributed by atoms with E-state index in [1.54, 1.807) is 7.11 Å². The summed E-state index contributed by atoms with van der Waals surface area (Å²) in [4.78, 5) is 0. The number of hydrogen-bond acceptors (Lipinski definition) is 1. The molecular formula is C8H17BrO. The molecule has 0 saturated heterocycles. The minimum Gasteiger partial charge on any atom is -0.381 e. The Morgan fingerprint density at radius 3 is 2.50 bits per heavy atom. The van der Waals surface area contributed by atoms with Crippen LogP contribution in [0.15, 0.2) is 0 Å². The first-order valence-corrected chi connectivity index (χ1v) is 5.06. The van der Waals surface area contributed by atoms with Crippen molar-refractivity contribution < 1.29 is 4.74 Å². The van der Waals surface area contributed by atoms with Crippen molar-refractivity contribution in [3.8, 4) is 0 Å². The molecule has 0 bridgehead atoms. The summed E-state index contributed by atoms with van der Waals surface area (Å²) in [6.07, 6.45) is 5.37. The van der Waals surface area contributed by atoms with E-state index in [1.807, 2.05) is 0 Å². The van der Waals surface area contributed by atoms with Gasteiger partial charge in [-0.1, -0.05) is 29.3 Å². The number of methoxy groups -OCH3 is 1. The van der Waals surface area contributed by atoms with Crippen LogP contribution in [0.25, 0.3) is 0 Å². The summed E-state index contributed by atoms with van der Waals surface area (Å²) >= 11 is 3.40. The third-order valence-electron chi connectivity index (χ3n) is 1.70. The molecule has 0 aliphatic carbocycles. The third kappa shape index (κ3) is 5.24. The van der Waals surface area contributed by atoms with Crippen molar-refractivity contribution in [3.05, 3.63) is 0 Å². The van der Waals surface area contributed by atoms with Gasteiger partial charge in [-0.05, 0) is 19.3 Å². The Kier molecular flexibility index (Phi) is 7.88. The molecule has 0 heterocycles. The third-order valence-corrected chi connectivity index (χ3v) is 2.26. The van der Waals surface area contributed by atoms with Crippen LogP contribution in [0, 0.1) is 0 Å². The predicted molar refractivity (Wildman–Crippen MR) is 48.7 cm³/mol. The van der Waals surface area contributed by atoms with E-state index in [2.05, 4.69) is 22.9 Å². The van der Waals surface area contributed by atoms with Crippen LogP contribution in [0.3, 0.4) is 0 Å². The molecule has 0 aromatic rings. The normalized spacial score (nSPS) is 13.5. The average molecular weight is 209 g/mol. The van der Waals surface area contributed by atoms with Gasteiger partial charge in [-0.2, -0.15) is 0 Å². The summed E-state index contributed by atoms with van der Waals surface area (Å²) in [5, 5.41) is 1.12. The smallest absolute Gasteiger partial charge is 0.0568 e. The molecule has 0 saturated carbocycles. The molecule has 0 rings (SSSR count). The van der Waals surface area contributed by atoms with Crippen LogP contribution in [0.2, 0.25) is 0 Å². The summed E-state index contributed by atoms with van der Waals surface area (Å²) in [6, 6.07) is 0. The zero-order valence-corrected chi connectivity index (χ0v) is 8.49. The molecule has 0 spiro atoms. The Morgan fingerprint density at radius 1 is 1.40 bits per heavy atom. The number of unbranched alkanes of at least 4 members (excludes halogenated alkanes) is 1. The summed E-state index contributed by atoms with van der Waals surface area (Å²) < 4.78 is 5.23. The fourth-order valence-corrected chi connectivity index (χ4v) is 1.35. The first-order chi connectivity index (χ1) is 4.85. The largest absolute Gasteiger partial charge is 0.381 e. The second kappa shape index (κ2) is 7.55. The van der Waals surface area contributed by atoms with E-state index >= 15 is 0 Å². The lowest BCUT2D eigenvalue weighted by Gasteiger charge is -2.11. The molecule has 62 valence electrons. The molecule has 2 heteroatoms. The van der Waals surface area contributed by atoms with E-state index in [0.717, 1.165) is 11.8 Å². The number of halogens is 1.